The number of amides is 2. The van der Waals surface area contributed by atoms with Gasteiger partial charge in [0.15, 0.2) is 11.5 Å². The summed E-state index contributed by atoms with van der Waals surface area (Å²) in [7, 11) is 0. The van der Waals surface area contributed by atoms with Gasteiger partial charge in [-0.2, -0.15) is 0 Å². The molecule has 1 aliphatic heterocycles. The summed E-state index contributed by atoms with van der Waals surface area (Å²) < 4.78 is 0. The topological polar surface area (TPSA) is 95.5 Å². The minimum atomic E-state index is -0.756. The van der Waals surface area contributed by atoms with E-state index in [0.29, 0.717) is 16.5 Å². The normalized spacial score (nSPS) is 23.6. The van der Waals surface area contributed by atoms with Crippen LogP contribution in [0.3, 0.4) is 0 Å². The number of Topliss-reactive ketones (excluding diaryl/α,β-unsaturated/α-hetero) is 1. The van der Waals surface area contributed by atoms with Crippen LogP contribution in [0, 0.1) is 0 Å². The van der Waals surface area contributed by atoms with Gasteiger partial charge in [-0.15, -0.1) is 0 Å². The highest BCUT2D eigenvalue weighted by Crippen LogP contribution is 2.37. The second-order valence-electron chi connectivity index (χ2n) is 6.23. The average molecular weight is 383 g/mol. The molecule has 1 heterocycles. The average Bonchev–Trinajstić information content (AvgIpc) is 3.01. The van der Waals surface area contributed by atoms with Gasteiger partial charge in [-0.05, 0) is 42.9 Å². The van der Waals surface area contributed by atoms with E-state index in [1.165, 1.54) is 0 Å². The molecule has 25 heavy (non-hydrogen) atoms. The molecule has 0 saturated heterocycles. The fraction of sp³-hybridized carbons (Fsp3) is 0.353. The van der Waals surface area contributed by atoms with Crippen molar-refractivity contribution >= 4 is 40.8 Å². The van der Waals surface area contributed by atoms with E-state index < -0.39 is 29.8 Å². The Morgan fingerprint density at radius 2 is 1.96 bits per heavy atom. The van der Waals surface area contributed by atoms with Crippen LogP contribution < -0.4 is 10.6 Å². The molecule has 3 N–H and O–H groups in total. The summed E-state index contributed by atoms with van der Waals surface area (Å²) in [6, 6.07) is 5.36. The van der Waals surface area contributed by atoms with Crippen LogP contribution in [0.4, 0.5) is 0 Å². The summed E-state index contributed by atoms with van der Waals surface area (Å²) in [5, 5.41) is 15.7. The molecule has 2 amide bonds. The first-order valence-corrected chi connectivity index (χ1v) is 8.63. The van der Waals surface area contributed by atoms with E-state index in [9.17, 15) is 19.5 Å². The van der Waals surface area contributed by atoms with Crippen LogP contribution in [0.5, 0.6) is 0 Å². The van der Waals surface area contributed by atoms with Crippen LogP contribution >= 0.6 is 23.2 Å². The molecule has 2 aliphatic rings. The van der Waals surface area contributed by atoms with Crippen LogP contribution in [0.25, 0.3) is 0 Å². The van der Waals surface area contributed by atoms with E-state index in [1.807, 2.05) is 12.1 Å². The molecule has 1 aromatic rings. The number of nitrogens with one attached hydrogen (secondary N) is 2. The van der Waals surface area contributed by atoms with Crippen molar-refractivity contribution in [1.29, 1.82) is 0 Å². The molecule has 8 heteroatoms. The minimum absolute atomic E-state index is 0.124. The Balaban J connectivity index is 1.66. The fourth-order valence-corrected chi connectivity index (χ4v) is 3.52. The van der Waals surface area contributed by atoms with Gasteiger partial charge in [0.25, 0.3) is 5.91 Å². The highest BCUT2D eigenvalue weighted by molar-refractivity contribution is 6.42. The van der Waals surface area contributed by atoms with Gasteiger partial charge >= 0.3 is 0 Å². The number of rotatable bonds is 3. The zero-order valence-electron chi connectivity index (χ0n) is 13.1. The molecule has 0 bridgehead atoms. The van der Waals surface area contributed by atoms with Crippen molar-refractivity contribution in [2.45, 2.75) is 37.6 Å². The number of halogens is 2. The van der Waals surface area contributed by atoms with E-state index in [4.69, 9.17) is 23.2 Å². The molecule has 0 aromatic heterocycles. The second-order valence-corrected chi connectivity index (χ2v) is 7.04. The number of carbonyl (C=O) groups is 3. The molecule has 1 fully saturated rings. The number of carbonyl (C=O) groups excluding carboxylic acids is 3. The Labute approximate surface area is 154 Å². The van der Waals surface area contributed by atoms with E-state index in [1.54, 1.807) is 6.07 Å². The standard InChI is InChI=1S/C17H16Cl2N2O4/c18-11-4-2-9(6-12(11)19)8-1-3-10(5-8)20-17(25)15-16(24)13(22)7-14(23)21-15/h2,4,6,8,10,24H,1,3,5,7H2,(H,20,25)(H,21,23)/t8-,10-/m1/s1. The highest BCUT2D eigenvalue weighted by Gasteiger charge is 2.32. The summed E-state index contributed by atoms with van der Waals surface area (Å²) in [6.45, 7) is 0. The van der Waals surface area contributed by atoms with E-state index in [-0.39, 0.29) is 17.7 Å². The van der Waals surface area contributed by atoms with Crippen molar-refractivity contribution in [1.82, 2.24) is 10.6 Å². The second kappa shape index (κ2) is 7.06. The van der Waals surface area contributed by atoms with Crippen LogP contribution in [0.2, 0.25) is 10.0 Å². The molecule has 0 spiro atoms. The first-order valence-electron chi connectivity index (χ1n) is 7.87. The first kappa shape index (κ1) is 17.8. The summed E-state index contributed by atoms with van der Waals surface area (Å²) >= 11 is 12.0. The number of aliphatic hydroxyl groups is 1. The van der Waals surface area contributed by atoms with Gasteiger partial charge in [0, 0.05) is 6.04 Å². The largest absolute Gasteiger partial charge is 0.503 e. The van der Waals surface area contributed by atoms with E-state index in [0.717, 1.165) is 18.4 Å². The number of aliphatic hydroxyl groups excluding tert-OH is 1. The molecular formula is C17H16Cl2N2O4. The molecule has 1 aromatic carbocycles. The lowest BCUT2D eigenvalue weighted by Crippen LogP contribution is -2.43. The Hall–Kier alpha value is -2.05. The quantitative estimate of drug-likeness (QED) is 0.700. The van der Waals surface area contributed by atoms with Gasteiger partial charge < -0.3 is 15.7 Å². The predicted molar refractivity (Wildman–Crippen MR) is 92.4 cm³/mol. The third-order valence-corrected chi connectivity index (χ3v) is 5.24. The summed E-state index contributed by atoms with van der Waals surface area (Å²) in [5.74, 6) is -2.48. The van der Waals surface area contributed by atoms with Gasteiger partial charge in [-0.1, -0.05) is 29.3 Å². The molecule has 0 unspecified atom stereocenters. The fourth-order valence-electron chi connectivity index (χ4n) is 3.22. The minimum Gasteiger partial charge on any atom is -0.503 e. The van der Waals surface area contributed by atoms with Crippen LogP contribution in [-0.2, 0) is 14.4 Å². The van der Waals surface area contributed by atoms with Gasteiger partial charge in [-0.25, -0.2) is 0 Å². The van der Waals surface area contributed by atoms with E-state index >= 15 is 0 Å². The molecule has 2 atom stereocenters. The van der Waals surface area contributed by atoms with Crippen molar-refractivity contribution in [2.75, 3.05) is 0 Å². The zero-order chi connectivity index (χ0) is 18.1. The Bertz CT molecular complexity index is 791. The summed E-state index contributed by atoms with van der Waals surface area (Å²) in [4.78, 5) is 35.1. The van der Waals surface area contributed by atoms with Crippen LogP contribution in [-0.4, -0.2) is 28.7 Å². The molecule has 6 nitrogen and oxygen atoms in total. The maximum Gasteiger partial charge on any atom is 0.272 e. The molecular weight excluding hydrogens is 367 g/mol. The smallest absolute Gasteiger partial charge is 0.272 e. The van der Waals surface area contributed by atoms with Crippen molar-refractivity contribution in [3.63, 3.8) is 0 Å². The van der Waals surface area contributed by atoms with Crippen molar-refractivity contribution in [2.24, 2.45) is 0 Å². The van der Waals surface area contributed by atoms with Crippen LogP contribution in [0.15, 0.2) is 29.7 Å². The monoisotopic (exact) mass is 382 g/mol. The summed E-state index contributed by atoms with van der Waals surface area (Å²) in [6.07, 6.45) is 1.84. The maximum absolute atomic E-state index is 12.3. The SMILES string of the molecule is O=C1CC(=O)C(O)=C(C(=O)N[C@@H]2CC[C@@H](c3ccc(Cl)c(Cl)c3)C2)N1. The zero-order valence-corrected chi connectivity index (χ0v) is 14.7. The highest BCUT2D eigenvalue weighted by atomic mass is 35.5. The molecule has 1 aliphatic carbocycles. The van der Waals surface area contributed by atoms with Gasteiger partial charge in [-0.3, -0.25) is 14.4 Å². The number of hydrogen-bond acceptors (Lipinski definition) is 4. The number of allylic oxidation sites excluding steroid dienone is 1. The molecule has 132 valence electrons. The Morgan fingerprint density at radius 1 is 1.20 bits per heavy atom. The summed E-state index contributed by atoms with van der Waals surface area (Å²) in [5.41, 5.74) is 0.675. The molecule has 1 saturated carbocycles. The van der Waals surface area contributed by atoms with Crippen LogP contribution in [0.1, 0.15) is 37.2 Å². The lowest BCUT2D eigenvalue weighted by Gasteiger charge is -2.19. The van der Waals surface area contributed by atoms with Gasteiger partial charge in [0.05, 0.1) is 16.5 Å². The maximum atomic E-state index is 12.3. The molecule has 3 rings (SSSR count). The van der Waals surface area contributed by atoms with Gasteiger partial charge in [0.1, 0.15) is 0 Å². The van der Waals surface area contributed by atoms with Crippen molar-refractivity contribution < 1.29 is 19.5 Å². The number of ketones is 1. The lowest BCUT2D eigenvalue weighted by atomic mass is 9.97. The number of hydrogen-bond donors (Lipinski definition) is 3. The first-order chi connectivity index (χ1) is 11.8. The predicted octanol–water partition coefficient (Wildman–Crippen LogP) is 2.60. The Kier molecular flexibility index (Phi) is 5.01. The number of benzene rings is 1. The third kappa shape index (κ3) is 3.80. The third-order valence-electron chi connectivity index (χ3n) is 4.50. The molecule has 0 radical (unpaired) electrons. The van der Waals surface area contributed by atoms with Crippen molar-refractivity contribution in [3.05, 3.63) is 45.3 Å². The Morgan fingerprint density at radius 3 is 2.68 bits per heavy atom. The lowest BCUT2D eigenvalue weighted by molar-refractivity contribution is -0.131. The van der Waals surface area contributed by atoms with Crippen molar-refractivity contribution in [3.8, 4) is 0 Å². The van der Waals surface area contributed by atoms with Gasteiger partial charge in [0.2, 0.25) is 11.7 Å². The van der Waals surface area contributed by atoms with E-state index in [2.05, 4.69) is 10.6 Å².